The van der Waals surface area contributed by atoms with Crippen LogP contribution in [0.5, 0.6) is 0 Å². The van der Waals surface area contributed by atoms with E-state index in [-0.39, 0.29) is 5.41 Å². The second-order valence-electron chi connectivity index (χ2n) is 3.77. The number of likely N-dealkylation sites (tertiary alicyclic amines) is 1. The van der Waals surface area contributed by atoms with Crippen molar-refractivity contribution in [2.75, 3.05) is 26.7 Å². The first kappa shape index (κ1) is 8.02. The fourth-order valence-electron chi connectivity index (χ4n) is 1.32. The van der Waals surface area contributed by atoms with Crippen molar-refractivity contribution in [3.8, 4) is 0 Å². The summed E-state index contributed by atoms with van der Waals surface area (Å²) in [5.41, 5.74) is 0.215. The molecule has 2 heteroatoms. The number of nitrogens with zero attached hydrogens (tertiary/aromatic N) is 1. The van der Waals surface area contributed by atoms with Gasteiger partial charge in [-0.15, -0.1) is 0 Å². The molecule has 0 aliphatic carbocycles. The quantitative estimate of drug-likeness (QED) is 0.584. The van der Waals surface area contributed by atoms with Crippen molar-refractivity contribution in [3.05, 3.63) is 0 Å². The Morgan fingerprint density at radius 3 is 2.30 bits per heavy atom. The Balaban J connectivity index is 2.38. The Kier molecular flexibility index (Phi) is 2.32. The Morgan fingerprint density at radius 2 is 1.90 bits per heavy atom. The first-order valence-corrected chi connectivity index (χ1v) is 3.96. The summed E-state index contributed by atoms with van der Waals surface area (Å²) in [5.74, 6) is 0. The van der Waals surface area contributed by atoms with E-state index in [0.717, 1.165) is 25.9 Å². The summed E-state index contributed by atoms with van der Waals surface area (Å²) in [6.45, 7) is 4.79. The van der Waals surface area contributed by atoms with Crippen LogP contribution in [0.2, 0.25) is 0 Å². The highest BCUT2D eigenvalue weighted by Crippen LogP contribution is 2.28. The minimum Gasteiger partial charge on any atom is -0.396 e. The fourth-order valence-corrected chi connectivity index (χ4v) is 1.32. The number of rotatable bonds is 1. The molecule has 0 spiro atoms. The maximum absolute atomic E-state index is 9.02. The second-order valence-corrected chi connectivity index (χ2v) is 3.77. The number of aliphatic hydroxyl groups excluding tert-OH is 1. The van der Waals surface area contributed by atoms with Gasteiger partial charge in [0.15, 0.2) is 0 Å². The standard InChI is InChI=1S/C8H17NO/c1-8(7-10)3-5-9(2)6-4-8/h10H,3-7H2,1-2H3. The average Bonchev–Trinajstić information content (AvgIpc) is 1.96. The summed E-state index contributed by atoms with van der Waals surface area (Å²) >= 11 is 0. The van der Waals surface area contributed by atoms with Crippen molar-refractivity contribution in [1.82, 2.24) is 4.90 Å². The van der Waals surface area contributed by atoms with Gasteiger partial charge in [-0.2, -0.15) is 0 Å². The van der Waals surface area contributed by atoms with Crippen LogP contribution in [0, 0.1) is 5.41 Å². The highest BCUT2D eigenvalue weighted by molar-refractivity contribution is 4.80. The van der Waals surface area contributed by atoms with Crippen molar-refractivity contribution in [2.24, 2.45) is 5.41 Å². The highest BCUT2D eigenvalue weighted by atomic mass is 16.3. The smallest absolute Gasteiger partial charge is 0.0485 e. The number of aliphatic hydroxyl groups is 1. The molecule has 10 heavy (non-hydrogen) atoms. The largest absolute Gasteiger partial charge is 0.396 e. The molecule has 0 aromatic rings. The lowest BCUT2D eigenvalue weighted by Gasteiger charge is -2.36. The van der Waals surface area contributed by atoms with E-state index >= 15 is 0 Å². The number of hydrogen-bond acceptors (Lipinski definition) is 2. The highest BCUT2D eigenvalue weighted by Gasteiger charge is 2.27. The normalized spacial score (nSPS) is 26.7. The van der Waals surface area contributed by atoms with Gasteiger partial charge in [0.25, 0.3) is 0 Å². The molecule has 0 atom stereocenters. The monoisotopic (exact) mass is 143 g/mol. The molecule has 0 unspecified atom stereocenters. The molecule has 1 saturated heterocycles. The van der Waals surface area contributed by atoms with Gasteiger partial charge in [0.1, 0.15) is 0 Å². The summed E-state index contributed by atoms with van der Waals surface area (Å²) in [6, 6.07) is 0. The lowest BCUT2D eigenvalue weighted by Crippen LogP contribution is -2.38. The molecule has 0 amide bonds. The minimum absolute atomic E-state index is 0.215. The molecule has 1 aliphatic rings. The van der Waals surface area contributed by atoms with Gasteiger partial charge in [-0.3, -0.25) is 0 Å². The van der Waals surface area contributed by atoms with E-state index in [1.54, 1.807) is 0 Å². The van der Waals surface area contributed by atoms with Gasteiger partial charge in [-0.25, -0.2) is 0 Å². The van der Waals surface area contributed by atoms with Crippen LogP contribution in [0.25, 0.3) is 0 Å². The van der Waals surface area contributed by atoms with E-state index in [9.17, 15) is 0 Å². The van der Waals surface area contributed by atoms with E-state index in [4.69, 9.17) is 5.11 Å². The van der Waals surface area contributed by atoms with E-state index < -0.39 is 0 Å². The zero-order valence-electron chi connectivity index (χ0n) is 6.93. The number of piperidine rings is 1. The zero-order valence-corrected chi connectivity index (χ0v) is 6.93. The van der Waals surface area contributed by atoms with Crippen molar-refractivity contribution in [2.45, 2.75) is 19.8 Å². The van der Waals surface area contributed by atoms with Gasteiger partial charge in [0.05, 0.1) is 0 Å². The fraction of sp³-hybridized carbons (Fsp3) is 1.00. The number of hydrogen-bond donors (Lipinski definition) is 1. The van der Waals surface area contributed by atoms with Crippen LogP contribution in [0.4, 0.5) is 0 Å². The molecule has 0 saturated carbocycles. The summed E-state index contributed by atoms with van der Waals surface area (Å²) < 4.78 is 0. The molecule has 0 aromatic carbocycles. The van der Waals surface area contributed by atoms with Gasteiger partial charge >= 0.3 is 0 Å². The Hall–Kier alpha value is -0.0800. The van der Waals surface area contributed by atoms with Gasteiger partial charge < -0.3 is 10.0 Å². The Labute approximate surface area is 62.8 Å². The van der Waals surface area contributed by atoms with Crippen LogP contribution < -0.4 is 0 Å². The first-order valence-electron chi connectivity index (χ1n) is 3.96. The van der Waals surface area contributed by atoms with Crippen LogP contribution in [0.1, 0.15) is 19.8 Å². The van der Waals surface area contributed by atoms with Crippen molar-refractivity contribution >= 4 is 0 Å². The van der Waals surface area contributed by atoms with Gasteiger partial charge in [-0.05, 0) is 38.4 Å². The topological polar surface area (TPSA) is 23.5 Å². The first-order chi connectivity index (χ1) is 4.66. The summed E-state index contributed by atoms with van der Waals surface area (Å²) in [4.78, 5) is 2.32. The third-order valence-corrected chi connectivity index (χ3v) is 2.58. The molecule has 1 fully saturated rings. The molecule has 60 valence electrons. The third kappa shape index (κ3) is 1.70. The van der Waals surface area contributed by atoms with E-state index in [2.05, 4.69) is 18.9 Å². The van der Waals surface area contributed by atoms with Gasteiger partial charge in [-0.1, -0.05) is 6.92 Å². The van der Waals surface area contributed by atoms with Crippen LogP contribution in [-0.2, 0) is 0 Å². The second kappa shape index (κ2) is 2.89. The Bertz CT molecular complexity index is 106. The van der Waals surface area contributed by atoms with Gasteiger partial charge in [0, 0.05) is 6.61 Å². The predicted molar refractivity (Wildman–Crippen MR) is 41.9 cm³/mol. The maximum Gasteiger partial charge on any atom is 0.0485 e. The lowest BCUT2D eigenvalue weighted by molar-refractivity contribution is 0.0689. The van der Waals surface area contributed by atoms with Crippen LogP contribution >= 0.6 is 0 Å². The van der Waals surface area contributed by atoms with Gasteiger partial charge in [0.2, 0.25) is 0 Å². The molecule has 1 rings (SSSR count). The van der Waals surface area contributed by atoms with Crippen LogP contribution in [0.3, 0.4) is 0 Å². The SMILES string of the molecule is CN1CCC(C)(CO)CC1. The lowest BCUT2D eigenvalue weighted by atomic mass is 9.81. The third-order valence-electron chi connectivity index (χ3n) is 2.58. The molecule has 1 aliphatic heterocycles. The maximum atomic E-state index is 9.02. The molecule has 0 aromatic heterocycles. The molecule has 0 radical (unpaired) electrons. The Morgan fingerprint density at radius 1 is 1.40 bits per heavy atom. The molecule has 1 N–H and O–H groups in total. The molecule has 1 heterocycles. The van der Waals surface area contributed by atoms with Crippen LogP contribution in [-0.4, -0.2) is 36.8 Å². The van der Waals surface area contributed by atoms with Crippen molar-refractivity contribution in [3.63, 3.8) is 0 Å². The minimum atomic E-state index is 0.215. The zero-order chi connectivity index (χ0) is 7.61. The molecule has 2 nitrogen and oxygen atoms in total. The van der Waals surface area contributed by atoms with Crippen molar-refractivity contribution < 1.29 is 5.11 Å². The van der Waals surface area contributed by atoms with E-state index in [1.165, 1.54) is 0 Å². The molecule has 0 bridgehead atoms. The van der Waals surface area contributed by atoms with E-state index in [0.29, 0.717) is 6.61 Å². The summed E-state index contributed by atoms with van der Waals surface area (Å²) in [7, 11) is 2.14. The summed E-state index contributed by atoms with van der Waals surface area (Å²) in [6.07, 6.45) is 2.28. The molecular formula is C8H17NO. The predicted octanol–water partition coefficient (Wildman–Crippen LogP) is 0.711. The van der Waals surface area contributed by atoms with Crippen LogP contribution in [0.15, 0.2) is 0 Å². The molecular weight excluding hydrogens is 126 g/mol. The average molecular weight is 143 g/mol. The van der Waals surface area contributed by atoms with Crippen molar-refractivity contribution in [1.29, 1.82) is 0 Å². The van der Waals surface area contributed by atoms with E-state index in [1.807, 2.05) is 0 Å². The summed E-state index contributed by atoms with van der Waals surface area (Å²) in [5, 5.41) is 9.02.